The number of carboxylic acid groups (broad SMARTS) is 1. The van der Waals surface area contributed by atoms with Gasteiger partial charge < -0.3 is 10.0 Å². The molecule has 0 unspecified atom stereocenters. The zero-order chi connectivity index (χ0) is 12.4. The molecule has 1 saturated heterocycles. The van der Waals surface area contributed by atoms with Crippen molar-refractivity contribution in [3.8, 4) is 0 Å². The first-order chi connectivity index (χ1) is 8.11. The van der Waals surface area contributed by atoms with Crippen LogP contribution < -0.4 is 4.90 Å². The summed E-state index contributed by atoms with van der Waals surface area (Å²) in [7, 11) is 0. The van der Waals surface area contributed by atoms with Crippen LogP contribution in [0.15, 0.2) is 29.2 Å². The van der Waals surface area contributed by atoms with E-state index in [9.17, 15) is 9.59 Å². The third-order valence-electron chi connectivity index (χ3n) is 2.84. The zero-order valence-electron chi connectivity index (χ0n) is 9.42. The Hall–Kier alpha value is -1.49. The third-order valence-corrected chi connectivity index (χ3v) is 3.56. The molecule has 2 rings (SSSR count). The number of benzene rings is 1. The second kappa shape index (κ2) is 4.79. The molecule has 1 heterocycles. The van der Waals surface area contributed by atoms with Crippen LogP contribution in [0.1, 0.15) is 6.42 Å². The molecule has 0 saturated carbocycles. The van der Waals surface area contributed by atoms with Gasteiger partial charge in [0.25, 0.3) is 0 Å². The fourth-order valence-corrected chi connectivity index (χ4v) is 2.35. The van der Waals surface area contributed by atoms with E-state index < -0.39 is 11.9 Å². The van der Waals surface area contributed by atoms with Crippen molar-refractivity contribution >= 4 is 29.3 Å². The Morgan fingerprint density at radius 2 is 2.29 bits per heavy atom. The van der Waals surface area contributed by atoms with E-state index in [1.807, 2.05) is 30.5 Å². The lowest BCUT2D eigenvalue weighted by Gasteiger charge is -2.16. The Morgan fingerprint density at radius 3 is 2.88 bits per heavy atom. The molecule has 1 aliphatic heterocycles. The SMILES string of the molecule is CSc1cccc(N2C[C@@H](C(=O)O)CC2=O)c1. The Bertz CT molecular complexity index is 461. The fourth-order valence-electron chi connectivity index (χ4n) is 1.90. The Kier molecular flexibility index (Phi) is 3.38. The van der Waals surface area contributed by atoms with Crippen molar-refractivity contribution in [3.05, 3.63) is 24.3 Å². The summed E-state index contributed by atoms with van der Waals surface area (Å²) < 4.78 is 0. The summed E-state index contributed by atoms with van der Waals surface area (Å²) in [5, 5.41) is 8.91. The first-order valence-electron chi connectivity index (χ1n) is 5.29. The molecule has 0 bridgehead atoms. The predicted octanol–water partition coefficient (Wildman–Crippen LogP) is 1.85. The van der Waals surface area contributed by atoms with Crippen molar-refractivity contribution in [1.82, 2.24) is 0 Å². The van der Waals surface area contributed by atoms with Gasteiger partial charge in [0.15, 0.2) is 0 Å². The number of aliphatic carboxylic acids is 1. The molecule has 1 aromatic carbocycles. The van der Waals surface area contributed by atoms with Crippen molar-refractivity contribution in [3.63, 3.8) is 0 Å². The number of carbonyl (C=O) groups excluding carboxylic acids is 1. The van der Waals surface area contributed by atoms with Gasteiger partial charge in [-0.25, -0.2) is 0 Å². The van der Waals surface area contributed by atoms with Gasteiger partial charge in [0.1, 0.15) is 0 Å². The van der Waals surface area contributed by atoms with E-state index in [1.165, 1.54) is 0 Å². The highest BCUT2D eigenvalue weighted by atomic mass is 32.2. The standard InChI is InChI=1S/C12H13NO3S/c1-17-10-4-2-3-9(6-10)13-7-8(12(15)16)5-11(13)14/h2-4,6,8H,5,7H2,1H3,(H,15,16)/t8-/m0/s1. The van der Waals surface area contributed by atoms with E-state index in [0.717, 1.165) is 10.6 Å². The van der Waals surface area contributed by atoms with Gasteiger partial charge in [-0.1, -0.05) is 6.07 Å². The third kappa shape index (κ3) is 2.44. The van der Waals surface area contributed by atoms with Crippen LogP contribution in [0.5, 0.6) is 0 Å². The van der Waals surface area contributed by atoms with E-state index in [4.69, 9.17) is 5.11 Å². The van der Waals surface area contributed by atoms with Crippen molar-refractivity contribution in [2.24, 2.45) is 5.92 Å². The number of thioether (sulfide) groups is 1. The van der Waals surface area contributed by atoms with Crippen molar-refractivity contribution in [2.45, 2.75) is 11.3 Å². The molecule has 1 atom stereocenters. The van der Waals surface area contributed by atoms with Crippen LogP contribution in [0.25, 0.3) is 0 Å². The van der Waals surface area contributed by atoms with Gasteiger partial charge in [-0.15, -0.1) is 11.8 Å². The molecule has 1 amide bonds. The zero-order valence-corrected chi connectivity index (χ0v) is 10.2. The monoisotopic (exact) mass is 251 g/mol. The predicted molar refractivity (Wildman–Crippen MR) is 66.3 cm³/mol. The second-order valence-electron chi connectivity index (χ2n) is 3.95. The minimum Gasteiger partial charge on any atom is -0.481 e. The number of nitrogens with zero attached hydrogens (tertiary/aromatic N) is 1. The molecule has 90 valence electrons. The molecule has 1 fully saturated rings. The topological polar surface area (TPSA) is 57.6 Å². The second-order valence-corrected chi connectivity index (χ2v) is 4.82. The van der Waals surface area contributed by atoms with Gasteiger partial charge in [0.2, 0.25) is 5.91 Å². The average molecular weight is 251 g/mol. The summed E-state index contributed by atoms with van der Waals surface area (Å²) >= 11 is 1.60. The summed E-state index contributed by atoms with van der Waals surface area (Å²) in [6.45, 7) is 0.270. The van der Waals surface area contributed by atoms with Crippen LogP contribution in [0.4, 0.5) is 5.69 Å². The lowest BCUT2D eigenvalue weighted by molar-refractivity contribution is -0.141. The van der Waals surface area contributed by atoms with Crippen molar-refractivity contribution < 1.29 is 14.7 Å². The van der Waals surface area contributed by atoms with E-state index in [0.29, 0.717) is 0 Å². The van der Waals surface area contributed by atoms with Crippen molar-refractivity contribution in [2.75, 3.05) is 17.7 Å². The average Bonchev–Trinajstić information content (AvgIpc) is 2.72. The summed E-state index contributed by atoms with van der Waals surface area (Å²) in [6.07, 6.45) is 2.06. The van der Waals surface area contributed by atoms with Crippen LogP contribution in [0.2, 0.25) is 0 Å². The molecule has 17 heavy (non-hydrogen) atoms. The van der Waals surface area contributed by atoms with Crippen molar-refractivity contribution in [1.29, 1.82) is 0 Å². The molecule has 0 aliphatic carbocycles. The van der Waals surface area contributed by atoms with Gasteiger partial charge >= 0.3 is 5.97 Å². The molecule has 0 spiro atoms. The summed E-state index contributed by atoms with van der Waals surface area (Å²) in [6, 6.07) is 7.58. The molecule has 5 heteroatoms. The van der Waals surface area contributed by atoms with E-state index >= 15 is 0 Å². The maximum Gasteiger partial charge on any atom is 0.308 e. The number of amides is 1. The number of carbonyl (C=O) groups is 2. The quantitative estimate of drug-likeness (QED) is 0.833. The minimum absolute atomic E-state index is 0.0961. The Labute approximate surface area is 104 Å². The highest BCUT2D eigenvalue weighted by molar-refractivity contribution is 7.98. The lowest BCUT2D eigenvalue weighted by atomic mass is 10.1. The van der Waals surface area contributed by atoms with Gasteiger partial charge in [-0.3, -0.25) is 9.59 Å². The Morgan fingerprint density at radius 1 is 1.53 bits per heavy atom. The number of carboxylic acids is 1. The summed E-state index contributed by atoms with van der Waals surface area (Å²) in [4.78, 5) is 25.2. The maximum atomic E-state index is 11.7. The number of hydrogen-bond acceptors (Lipinski definition) is 3. The first kappa shape index (κ1) is 12.0. The molecule has 4 nitrogen and oxygen atoms in total. The van der Waals surface area contributed by atoms with Gasteiger partial charge in [0, 0.05) is 23.5 Å². The number of anilines is 1. The van der Waals surface area contributed by atoms with Gasteiger partial charge in [0.05, 0.1) is 5.92 Å². The van der Waals surface area contributed by atoms with Gasteiger partial charge in [-0.05, 0) is 24.5 Å². The van der Waals surface area contributed by atoms with Crippen LogP contribution in [0, 0.1) is 5.92 Å². The highest BCUT2D eigenvalue weighted by Gasteiger charge is 2.34. The normalized spacial score (nSPS) is 19.7. The maximum absolute atomic E-state index is 11.7. The molecule has 1 aliphatic rings. The molecule has 0 radical (unpaired) electrons. The van der Waals surface area contributed by atoms with E-state index in [2.05, 4.69) is 0 Å². The van der Waals surface area contributed by atoms with E-state index in [1.54, 1.807) is 16.7 Å². The van der Waals surface area contributed by atoms with Crippen LogP contribution in [-0.4, -0.2) is 29.8 Å². The minimum atomic E-state index is -0.901. The van der Waals surface area contributed by atoms with Crippen LogP contribution >= 0.6 is 11.8 Å². The molecule has 1 N–H and O–H groups in total. The van der Waals surface area contributed by atoms with Crippen LogP contribution in [-0.2, 0) is 9.59 Å². The summed E-state index contributed by atoms with van der Waals surface area (Å²) in [5.41, 5.74) is 0.783. The first-order valence-corrected chi connectivity index (χ1v) is 6.51. The molecule has 0 aromatic heterocycles. The van der Waals surface area contributed by atoms with Crippen LogP contribution in [0.3, 0.4) is 0 Å². The largest absolute Gasteiger partial charge is 0.481 e. The number of rotatable bonds is 3. The van der Waals surface area contributed by atoms with Gasteiger partial charge in [-0.2, -0.15) is 0 Å². The highest BCUT2D eigenvalue weighted by Crippen LogP contribution is 2.28. The smallest absolute Gasteiger partial charge is 0.308 e. The molecule has 1 aromatic rings. The fraction of sp³-hybridized carbons (Fsp3) is 0.333. The van der Waals surface area contributed by atoms with E-state index in [-0.39, 0.29) is 18.9 Å². The molecular weight excluding hydrogens is 238 g/mol. The molecular formula is C12H13NO3S. The lowest BCUT2D eigenvalue weighted by Crippen LogP contribution is -2.25. The Balaban J connectivity index is 2.22. The number of hydrogen-bond donors (Lipinski definition) is 1. The summed E-state index contributed by atoms with van der Waals surface area (Å²) in [5.74, 6) is -1.60.